The van der Waals surface area contributed by atoms with E-state index >= 15 is 0 Å². The summed E-state index contributed by atoms with van der Waals surface area (Å²) in [6.07, 6.45) is 1.65. The average molecular weight is 398 g/mol. The first-order valence-electron chi connectivity index (χ1n) is 8.07. The fraction of sp³-hybridized carbons (Fsp3) is 0.200. The standard InChI is InChI=1S/C20H20BrN3O/c1-14-5-4-6-18(11-14)24-15(2)19(12-22-24)20(25)23(3)13-16-7-9-17(21)10-8-16/h4-12H,13H2,1-3H3. The highest BCUT2D eigenvalue weighted by molar-refractivity contribution is 9.10. The van der Waals surface area contributed by atoms with Crippen LogP contribution >= 0.6 is 15.9 Å². The Morgan fingerprint density at radius 2 is 1.88 bits per heavy atom. The van der Waals surface area contributed by atoms with Crippen LogP contribution in [0.4, 0.5) is 0 Å². The van der Waals surface area contributed by atoms with Gasteiger partial charge < -0.3 is 4.90 Å². The third-order valence-electron chi connectivity index (χ3n) is 4.17. The van der Waals surface area contributed by atoms with E-state index in [1.807, 2.05) is 68.0 Å². The lowest BCUT2D eigenvalue weighted by atomic mass is 10.2. The lowest BCUT2D eigenvalue weighted by Crippen LogP contribution is -2.26. The summed E-state index contributed by atoms with van der Waals surface area (Å²) in [6, 6.07) is 16.1. The molecule has 0 aliphatic rings. The van der Waals surface area contributed by atoms with Crippen molar-refractivity contribution in [3.63, 3.8) is 0 Å². The van der Waals surface area contributed by atoms with Crippen molar-refractivity contribution in [2.24, 2.45) is 0 Å². The van der Waals surface area contributed by atoms with E-state index in [1.165, 1.54) is 0 Å². The van der Waals surface area contributed by atoms with Gasteiger partial charge in [0.15, 0.2) is 0 Å². The minimum atomic E-state index is -0.0284. The van der Waals surface area contributed by atoms with Gasteiger partial charge in [-0.25, -0.2) is 4.68 Å². The fourth-order valence-corrected chi connectivity index (χ4v) is 3.05. The van der Waals surface area contributed by atoms with E-state index in [0.29, 0.717) is 12.1 Å². The molecule has 25 heavy (non-hydrogen) atoms. The van der Waals surface area contributed by atoms with E-state index in [9.17, 15) is 4.79 Å². The van der Waals surface area contributed by atoms with Crippen LogP contribution in [-0.4, -0.2) is 27.6 Å². The van der Waals surface area contributed by atoms with Crippen LogP contribution in [0, 0.1) is 13.8 Å². The second kappa shape index (κ2) is 7.23. The lowest BCUT2D eigenvalue weighted by Gasteiger charge is -2.17. The number of carbonyl (C=O) groups excluding carboxylic acids is 1. The molecule has 0 N–H and O–H groups in total. The van der Waals surface area contributed by atoms with Crippen molar-refractivity contribution < 1.29 is 4.79 Å². The number of hydrogen-bond donors (Lipinski definition) is 0. The number of benzene rings is 2. The Hall–Kier alpha value is -2.40. The first kappa shape index (κ1) is 17.4. The Labute approximate surface area is 156 Å². The Balaban J connectivity index is 1.81. The molecule has 1 aromatic heterocycles. The topological polar surface area (TPSA) is 38.1 Å². The molecule has 128 valence electrons. The van der Waals surface area contributed by atoms with Gasteiger partial charge >= 0.3 is 0 Å². The van der Waals surface area contributed by atoms with Gasteiger partial charge in [0.1, 0.15) is 0 Å². The van der Waals surface area contributed by atoms with Crippen LogP contribution in [0.15, 0.2) is 59.2 Å². The Morgan fingerprint density at radius 1 is 1.16 bits per heavy atom. The van der Waals surface area contributed by atoms with Gasteiger partial charge in [-0.15, -0.1) is 0 Å². The van der Waals surface area contributed by atoms with E-state index in [1.54, 1.807) is 11.1 Å². The smallest absolute Gasteiger partial charge is 0.257 e. The van der Waals surface area contributed by atoms with Gasteiger partial charge in [-0.3, -0.25) is 4.79 Å². The van der Waals surface area contributed by atoms with Gasteiger partial charge in [-0.2, -0.15) is 5.10 Å². The number of carbonyl (C=O) groups is 1. The van der Waals surface area contributed by atoms with Crippen LogP contribution in [-0.2, 0) is 6.54 Å². The van der Waals surface area contributed by atoms with Crippen molar-refractivity contribution >= 4 is 21.8 Å². The number of amides is 1. The SMILES string of the molecule is Cc1cccc(-n2ncc(C(=O)N(C)Cc3ccc(Br)cc3)c2C)c1. The molecule has 1 amide bonds. The lowest BCUT2D eigenvalue weighted by molar-refractivity contribution is 0.0784. The van der Waals surface area contributed by atoms with E-state index in [-0.39, 0.29) is 5.91 Å². The third-order valence-corrected chi connectivity index (χ3v) is 4.69. The molecule has 3 aromatic rings. The molecule has 0 radical (unpaired) electrons. The predicted octanol–water partition coefficient (Wildman–Crippen LogP) is 4.52. The molecular formula is C20H20BrN3O. The van der Waals surface area contributed by atoms with Gasteiger partial charge in [0.25, 0.3) is 5.91 Å². The molecule has 3 rings (SSSR count). The minimum absolute atomic E-state index is 0.0284. The maximum atomic E-state index is 12.8. The number of aromatic nitrogens is 2. The number of halogens is 1. The average Bonchev–Trinajstić information content (AvgIpc) is 2.97. The zero-order valence-electron chi connectivity index (χ0n) is 14.5. The first-order chi connectivity index (χ1) is 12.0. The molecule has 0 aliphatic carbocycles. The van der Waals surface area contributed by atoms with Crippen LogP contribution in [0.1, 0.15) is 27.2 Å². The molecule has 0 saturated carbocycles. The van der Waals surface area contributed by atoms with Crippen LogP contribution in [0.5, 0.6) is 0 Å². The maximum absolute atomic E-state index is 12.8. The van der Waals surface area contributed by atoms with Crippen molar-refractivity contribution in [3.8, 4) is 5.69 Å². The molecule has 5 heteroatoms. The van der Waals surface area contributed by atoms with Crippen LogP contribution in [0.2, 0.25) is 0 Å². The zero-order chi connectivity index (χ0) is 18.0. The highest BCUT2D eigenvalue weighted by Crippen LogP contribution is 2.18. The highest BCUT2D eigenvalue weighted by atomic mass is 79.9. The van der Waals surface area contributed by atoms with Crippen LogP contribution in [0.25, 0.3) is 5.69 Å². The number of nitrogens with zero attached hydrogens (tertiary/aromatic N) is 3. The summed E-state index contributed by atoms with van der Waals surface area (Å²) in [4.78, 5) is 14.5. The van der Waals surface area contributed by atoms with E-state index in [4.69, 9.17) is 0 Å². The number of hydrogen-bond acceptors (Lipinski definition) is 2. The summed E-state index contributed by atoms with van der Waals surface area (Å²) in [5.41, 5.74) is 4.68. The fourth-order valence-electron chi connectivity index (χ4n) is 2.78. The molecule has 0 bridgehead atoms. The summed E-state index contributed by atoms with van der Waals surface area (Å²) < 4.78 is 2.84. The summed E-state index contributed by atoms with van der Waals surface area (Å²) in [5, 5.41) is 4.41. The largest absolute Gasteiger partial charge is 0.337 e. The molecular weight excluding hydrogens is 378 g/mol. The van der Waals surface area contributed by atoms with Crippen molar-refractivity contribution in [2.45, 2.75) is 20.4 Å². The predicted molar refractivity (Wildman–Crippen MR) is 103 cm³/mol. The van der Waals surface area contributed by atoms with Crippen LogP contribution < -0.4 is 0 Å². The van der Waals surface area contributed by atoms with Gasteiger partial charge in [-0.1, -0.05) is 40.2 Å². The summed E-state index contributed by atoms with van der Waals surface area (Å²) in [7, 11) is 1.81. The maximum Gasteiger partial charge on any atom is 0.257 e. The van der Waals surface area contributed by atoms with Crippen molar-refractivity contribution in [1.82, 2.24) is 14.7 Å². The molecule has 0 atom stereocenters. The highest BCUT2D eigenvalue weighted by Gasteiger charge is 2.19. The second-order valence-corrected chi connectivity index (χ2v) is 7.10. The quantitative estimate of drug-likeness (QED) is 0.648. The van der Waals surface area contributed by atoms with Gasteiger partial charge in [0.05, 0.1) is 23.1 Å². The summed E-state index contributed by atoms with van der Waals surface area (Å²) in [6.45, 7) is 4.53. The van der Waals surface area contributed by atoms with E-state index in [2.05, 4.69) is 27.1 Å². The van der Waals surface area contributed by atoms with Crippen molar-refractivity contribution in [2.75, 3.05) is 7.05 Å². The Bertz CT molecular complexity index is 900. The summed E-state index contributed by atoms with van der Waals surface area (Å²) in [5.74, 6) is -0.0284. The third kappa shape index (κ3) is 3.82. The molecule has 2 aromatic carbocycles. The molecule has 1 heterocycles. The normalized spacial score (nSPS) is 10.7. The van der Waals surface area contributed by atoms with E-state index < -0.39 is 0 Å². The van der Waals surface area contributed by atoms with Crippen LogP contribution in [0.3, 0.4) is 0 Å². The molecule has 4 nitrogen and oxygen atoms in total. The van der Waals surface area contributed by atoms with Gasteiger partial charge in [0, 0.05) is 18.1 Å². The monoisotopic (exact) mass is 397 g/mol. The molecule has 0 spiro atoms. The minimum Gasteiger partial charge on any atom is -0.337 e. The zero-order valence-corrected chi connectivity index (χ0v) is 16.1. The van der Waals surface area contributed by atoms with Gasteiger partial charge in [-0.05, 0) is 49.2 Å². The second-order valence-electron chi connectivity index (χ2n) is 6.18. The molecule has 0 aliphatic heterocycles. The van der Waals surface area contributed by atoms with Crippen molar-refractivity contribution in [3.05, 3.63) is 81.6 Å². The Morgan fingerprint density at radius 3 is 2.56 bits per heavy atom. The first-order valence-corrected chi connectivity index (χ1v) is 8.86. The Kier molecular flexibility index (Phi) is 5.04. The summed E-state index contributed by atoms with van der Waals surface area (Å²) >= 11 is 3.43. The molecule has 0 unspecified atom stereocenters. The number of rotatable bonds is 4. The molecule has 0 saturated heterocycles. The van der Waals surface area contributed by atoms with E-state index in [0.717, 1.165) is 27.0 Å². The molecule has 0 fully saturated rings. The van der Waals surface area contributed by atoms with Gasteiger partial charge in [0.2, 0.25) is 0 Å². The van der Waals surface area contributed by atoms with Crippen molar-refractivity contribution in [1.29, 1.82) is 0 Å². The number of aryl methyl sites for hydroxylation is 1.